The van der Waals surface area contributed by atoms with Gasteiger partial charge in [0.1, 0.15) is 5.92 Å². The molecule has 1 fully saturated rings. The second-order valence-electron chi connectivity index (χ2n) is 6.10. The average Bonchev–Trinajstić information content (AvgIpc) is 2.60. The molecule has 0 aliphatic carbocycles. The first-order chi connectivity index (χ1) is 12.6. The molecule has 27 heavy (non-hydrogen) atoms. The number of hydrogen-bond acceptors (Lipinski definition) is 3. The third kappa shape index (κ3) is 3.50. The van der Waals surface area contributed by atoms with Crippen LogP contribution in [0.5, 0.6) is 0 Å². The highest BCUT2D eigenvalue weighted by molar-refractivity contribution is 6.30. The molecule has 5 nitrogen and oxygen atoms in total. The van der Waals surface area contributed by atoms with Gasteiger partial charge in [-0.1, -0.05) is 54.1 Å². The molecule has 3 atom stereocenters. The molecule has 3 unspecified atom stereocenters. The van der Waals surface area contributed by atoms with E-state index in [1.807, 2.05) is 0 Å². The number of hydrogen-bond donors (Lipinski definition) is 3. The fraction of sp³-hybridized carbons (Fsp3) is 0.222. The molecule has 2 amide bonds. The van der Waals surface area contributed by atoms with E-state index in [0.29, 0.717) is 0 Å². The van der Waals surface area contributed by atoms with Crippen molar-refractivity contribution in [3.05, 3.63) is 70.7 Å². The summed E-state index contributed by atoms with van der Waals surface area (Å²) in [5.41, 5.74) is -3.63. The molecule has 1 saturated heterocycles. The summed E-state index contributed by atoms with van der Waals surface area (Å²) >= 11 is 5.91. The number of amides is 2. The number of carbonyl (C=O) groups is 2. The fourth-order valence-electron chi connectivity index (χ4n) is 3.10. The van der Waals surface area contributed by atoms with Crippen molar-refractivity contribution < 1.29 is 27.9 Å². The van der Waals surface area contributed by atoms with E-state index in [-0.39, 0.29) is 16.1 Å². The maximum absolute atomic E-state index is 13.7. The molecule has 0 saturated carbocycles. The number of Topliss-reactive ketones (excluding diaryl/α,β-unsaturated/α-hetero) is 1. The molecule has 0 aromatic heterocycles. The van der Waals surface area contributed by atoms with Gasteiger partial charge >= 0.3 is 12.2 Å². The highest BCUT2D eigenvalue weighted by Gasteiger charge is 2.66. The van der Waals surface area contributed by atoms with Crippen LogP contribution in [0.3, 0.4) is 0 Å². The summed E-state index contributed by atoms with van der Waals surface area (Å²) in [6.45, 7) is 0. The van der Waals surface area contributed by atoms with E-state index >= 15 is 0 Å². The molecular formula is C18H14ClF3N2O3. The Morgan fingerprint density at radius 1 is 1.11 bits per heavy atom. The van der Waals surface area contributed by atoms with Gasteiger partial charge in [-0.15, -0.1) is 0 Å². The van der Waals surface area contributed by atoms with Gasteiger partial charge < -0.3 is 15.7 Å². The van der Waals surface area contributed by atoms with Crippen LogP contribution in [0.4, 0.5) is 18.0 Å². The van der Waals surface area contributed by atoms with Crippen molar-refractivity contribution in [3.8, 4) is 0 Å². The zero-order valence-corrected chi connectivity index (χ0v) is 14.4. The molecule has 9 heteroatoms. The molecule has 1 aliphatic heterocycles. The van der Waals surface area contributed by atoms with Gasteiger partial charge in [0.2, 0.25) is 5.72 Å². The van der Waals surface area contributed by atoms with Gasteiger partial charge in [-0.05, 0) is 17.7 Å². The Morgan fingerprint density at radius 2 is 1.78 bits per heavy atom. The van der Waals surface area contributed by atoms with E-state index in [1.165, 1.54) is 53.8 Å². The maximum atomic E-state index is 13.7. The Hall–Kier alpha value is -2.58. The van der Waals surface area contributed by atoms with E-state index in [4.69, 9.17) is 11.6 Å². The van der Waals surface area contributed by atoms with Gasteiger partial charge in [-0.3, -0.25) is 4.79 Å². The van der Waals surface area contributed by atoms with Crippen molar-refractivity contribution in [1.29, 1.82) is 0 Å². The van der Waals surface area contributed by atoms with Crippen molar-refractivity contribution in [2.24, 2.45) is 5.92 Å². The zero-order chi connectivity index (χ0) is 19.8. The van der Waals surface area contributed by atoms with Gasteiger partial charge in [-0.25, -0.2) is 4.79 Å². The van der Waals surface area contributed by atoms with Crippen LogP contribution >= 0.6 is 11.6 Å². The SMILES string of the molecule is O=C1NC(c2cccc(Cl)c2)C(C(=O)c2ccccc2)C(O)(C(F)(F)F)N1. The van der Waals surface area contributed by atoms with Gasteiger partial charge in [0.05, 0.1) is 6.04 Å². The quantitative estimate of drug-likeness (QED) is 0.693. The second kappa shape index (κ2) is 6.86. The maximum Gasteiger partial charge on any atom is 0.437 e. The summed E-state index contributed by atoms with van der Waals surface area (Å²) in [6.07, 6.45) is -5.29. The van der Waals surface area contributed by atoms with Crippen LogP contribution in [0.1, 0.15) is 22.0 Å². The first kappa shape index (κ1) is 19.2. The lowest BCUT2D eigenvalue weighted by atomic mass is 9.77. The lowest BCUT2D eigenvalue weighted by Crippen LogP contribution is -2.72. The molecule has 3 rings (SSSR count). The highest BCUT2D eigenvalue weighted by atomic mass is 35.5. The summed E-state index contributed by atoms with van der Waals surface area (Å²) in [5.74, 6) is -3.05. The number of nitrogens with one attached hydrogen (secondary N) is 2. The lowest BCUT2D eigenvalue weighted by molar-refractivity contribution is -0.287. The summed E-state index contributed by atoms with van der Waals surface area (Å²) in [7, 11) is 0. The predicted molar refractivity (Wildman–Crippen MR) is 91.1 cm³/mol. The zero-order valence-electron chi connectivity index (χ0n) is 13.6. The fourth-order valence-corrected chi connectivity index (χ4v) is 3.30. The number of aliphatic hydroxyl groups is 1. The Morgan fingerprint density at radius 3 is 2.37 bits per heavy atom. The van der Waals surface area contributed by atoms with E-state index < -0.39 is 35.7 Å². The molecule has 2 aromatic rings. The van der Waals surface area contributed by atoms with E-state index in [0.717, 1.165) is 0 Å². The normalized spacial score (nSPS) is 25.4. The van der Waals surface area contributed by atoms with Gasteiger partial charge in [0.15, 0.2) is 5.78 Å². The minimum absolute atomic E-state index is 0.0323. The molecular weight excluding hydrogens is 385 g/mol. The summed E-state index contributed by atoms with van der Waals surface area (Å²) < 4.78 is 41.2. The Bertz CT molecular complexity index is 876. The monoisotopic (exact) mass is 398 g/mol. The average molecular weight is 399 g/mol. The van der Waals surface area contributed by atoms with E-state index in [2.05, 4.69) is 5.32 Å². The standard InChI is InChI=1S/C18H14ClF3N2O3/c19-12-8-4-7-11(9-12)14-13(15(25)10-5-2-1-3-6-10)17(27,18(20,21)22)24-16(26)23-14/h1-9,13-14,27H,(H2,23,24,26). The molecule has 0 bridgehead atoms. The Balaban J connectivity index is 2.17. The highest BCUT2D eigenvalue weighted by Crippen LogP contribution is 2.44. The lowest BCUT2D eigenvalue weighted by Gasteiger charge is -2.45. The van der Waals surface area contributed by atoms with Crippen molar-refractivity contribution in [2.75, 3.05) is 0 Å². The summed E-state index contributed by atoms with van der Waals surface area (Å²) in [4.78, 5) is 24.8. The molecule has 0 spiro atoms. The molecule has 142 valence electrons. The topological polar surface area (TPSA) is 78.4 Å². The van der Waals surface area contributed by atoms with Crippen LogP contribution in [0.15, 0.2) is 54.6 Å². The minimum Gasteiger partial charge on any atom is -0.363 e. The first-order valence-corrected chi connectivity index (χ1v) is 8.24. The van der Waals surface area contributed by atoms with Crippen LogP contribution in [0, 0.1) is 5.92 Å². The third-order valence-corrected chi connectivity index (χ3v) is 4.59. The van der Waals surface area contributed by atoms with Crippen molar-refractivity contribution >= 4 is 23.4 Å². The van der Waals surface area contributed by atoms with E-state index in [9.17, 15) is 27.9 Å². The number of ketones is 1. The van der Waals surface area contributed by atoms with Gasteiger partial charge in [0.25, 0.3) is 0 Å². The largest absolute Gasteiger partial charge is 0.437 e. The number of alkyl halides is 3. The van der Waals surface area contributed by atoms with Crippen LogP contribution in [-0.4, -0.2) is 28.8 Å². The van der Waals surface area contributed by atoms with Crippen molar-refractivity contribution in [3.63, 3.8) is 0 Å². The molecule has 0 radical (unpaired) electrons. The number of carbonyl (C=O) groups excluding carboxylic acids is 2. The summed E-state index contributed by atoms with van der Waals surface area (Å²) in [5, 5.41) is 14.4. The Labute approximate surface area is 157 Å². The van der Waals surface area contributed by atoms with Crippen LogP contribution in [0.25, 0.3) is 0 Å². The molecule has 1 aliphatic rings. The van der Waals surface area contributed by atoms with Crippen LogP contribution in [-0.2, 0) is 0 Å². The van der Waals surface area contributed by atoms with Crippen molar-refractivity contribution in [2.45, 2.75) is 17.9 Å². The van der Waals surface area contributed by atoms with Gasteiger partial charge in [-0.2, -0.15) is 13.2 Å². The number of benzene rings is 2. The first-order valence-electron chi connectivity index (χ1n) is 7.86. The number of rotatable bonds is 3. The van der Waals surface area contributed by atoms with Gasteiger partial charge in [0, 0.05) is 10.6 Å². The van der Waals surface area contributed by atoms with Crippen LogP contribution in [0.2, 0.25) is 5.02 Å². The smallest absolute Gasteiger partial charge is 0.363 e. The van der Waals surface area contributed by atoms with E-state index in [1.54, 1.807) is 6.07 Å². The predicted octanol–water partition coefficient (Wildman–Crippen LogP) is 3.44. The second-order valence-corrected chi connectivity index (χ2v) is 6.54. The summed E-state index contributed by atoms with van der Waals surface area (Å²) in [6, 6.07) is 10.3. The molecule has 2 aromatic carbocycles. The Kier molecular flexibility index (Phi) is 4.88. The van der Waals surface area contributed by atoms with Crippen LogP contribution < -0.4 is 10.6 Å². The molecule has 1 heterocycles. The minimum atomic E-state index is -5.29. The molecule has 3 N–H and O–H groups in total. The van der Waals surface area contributed by atoms with Crippen molar-refractivity contribution in [1.82, 2.24) is 10.6 Å². The number of halogens is 4. The number of urea groups is 1. The third-order valence-electron chi connectivity index (χ3n) is 4.35.